The minimum absolute atomic E-state index is 0.266. The van der Waals surface area contributed by atoms with Crippen LogP contribution in [0.15, 0.2) is 6.07 Å². The van der Waals surface area contributed by atoms with Crippen molar-refractivity contribution in [2.75, 3.05) is 5.32 Å². The van der Waals surface area contributed by atoms with Gasteiger partial charge in [0, 0.05) is 6.04 Å². The largest absolute Gasteiger partial charge is 0.478 e. The molecule has 4 heteroatoms. The zero-order valence-corrected chi connectivity index (χ0v) is 9.46. The van der Waals surface area contributed by atoms with Gasteiger partial charge in [-0.2, -0.15) is 0 Å². The number of aromatic carboxylic acids is 1. The van der Waals surface area contributed by atoms with Crippen LogP contribution in [-0.2, 0) is 0 Å². The maximum Gasteiger partial charge on any atom is 0.337 e. The Hall–Kier alpha value is -1.58. The maximum absolute atomic E-state index is 10.8. The molecule has 4 nitrogen and oxygen atoms in total. The third-order valence-electron chi connectivity index (χ3n) is 2.06. The number of rotatable bonds is 3. The molecule has 0 aromatic carbocycles. The van der Waals surface area contributed by atoms with Crippen LogP contribution in [0.5, 0.6) is 0 Å². The summed E-state index contributed by atoms with van der Waals surface area (Å²) in [5.41, 5.74) is 1.66. The van der Waals surface area contributed by atoms with E-state index in [4.69, 9.17) is 5.11 Å². The third-order valence-corrected chi connectivity index (χ3v) is 2.06. The lowest BCUT2D eigenvalue weighted by Crippen LogP contribution is -2.14. The lowest BCUT2D eigenvalue weighted by molar-refractivity contribution is 0.0695. The number of carboxylic acid groups (broad SMARTS) is 1. The van der Waals surface area contributed by atoms with E-state index in [0.29, 0.717) is 5.69 Å². The lowest BCUT2D eigenvalue weighted by atomic mass is 10.1. The molecule has 1 aromatic rings. The molecule has 0 bridgehead atoms. The van der Waals surface area contributed by atoms with Crippen LogP contribution in [0.3, 0.4) is 0 Å². The molecule has 1 heterocycles. The van der Waals surface area contributed by atoms with Gasteiger partial charge in [0.15, 0.2) is 0 Å². The second-order valence-corrected chi connectivity index (χ2v) is 3.89. The van der Waals surface area contributed by atoms with Gasteiger partial charge in [-0.1, -0.05) is 0 Å². The van der Waals surface area contributed by atoms with Crippen molar-refractivity contribution >= 4 is 11.8 Å². The number of aromatic nitrogens is 1. The molecule has 82 valence electrons. The summed E-state index contributed by atoms with van der Waals surface area (Å²) in [5.74, 6) is -0.174. The second-order valence-electron chi connectivity index (χ2n) is 3.89. The number of aryl methyl sites for hydroxylation is 2. The number of nitrogens with one attached hydrogen (secondary N) is 1. The first-order valence-electron chi connectivity index (χ1n) is 4.90. The van der Waals surface area contributed by atoms with Crippen LogP contribution >= 0.6 is 0 Å². The van der Waals surface area contributed by atoms with Gasteiger partial charge in [0.2, 0.25) is 0 Å². The van der Waals surface area contributed by atoms with Gasteiger partial charge in [-0.15, -0.1) is 0 Å². The van der Waals surface area contributed by atoms with Gasteiger partial charge in [0.25, 0.3) is 0 Å². The lowest BCUT2D eigenvalue weighted by Gasteiger charge is -2.13. The molecule has 0 saturated heterocycles. The van der Waals surface area contributed by atoms with Gasteiger partial charge in [-0.25, -0.2) is 9.78 Å². The Bertz CT molecular complexity index is 386. The summed E-state index contributed by atoms with van der Waals surface area (Å²) in [6.45, 7) is 7.58. The number of hydrogen-bond donors (Lipinski definition) is 2. The van der Waals surface area contributed by atoms with E-state index in [2.05, 4.69) is 10.3 Å². The number of pyridine rings is 1. The molecule has 0 unspecified atom stereocenters. The van der Waals surface area contributed by atoms with Crippen LogP contribution in [-0.4, -0.2) is 22.1 Å². The van der Waals surface area contributed by atoms with E-state index in [9.17, 15) is 4.79 Å². The summed E-state index contributed by atoms with van der Waals surface area (Å²) < 4.78 is 0. The topological polar surface area (TPSA) is 62.2 Å². The Morgan fingerprint density at radius 2 is 2.07 bits per heavy atom. The molecule has 2 N–H and O–H groups in total. The Labute approximate surface area is 89.3 Å². The maximum atomic E-state index is 10.8. The minimum Gasteiger partial charge on any atom is -0.478 e. The summed E-state index contributed by atoms with van der Waals surface area (Å²) >= 11 is 0. The summed E-state index contributed by atoms with van der Waals surface area (Å²) in [5, 5.41) is 12.1. The van der Waals surface area contributed by atoms with Crippen LogP contribution in [0.1, 0.15) is 35.5 Å². The SMILES string of the molecule is Cc1cc(C(=O)O)c(C)nc1NC(C)C. The molecule has 0 aliphatic rings. The minimum atomic E-state index is -0.931. The Balaban J connectivity index is 3.13. The normalized spacial score (nSPS) is 10.5. The van der Waals surface area contributed by atoms with Crippen LogP contribution in [0.4, 0.5) is 5.82 Å². The average Bonchev–Trinajstić information content (AvgIpc) is 2.09. The van der Waals surface area contributed by atoms with E-state index in [1.54, 1.807) is 13.0 Å². The number of anilines is 1. The summed E-state index contributed by atoms with van der Waals surface area (Å²) in [4.78, 5) is 15.1. The predicted octanol–water partition coefficient (Wildman–Crippen LogP) is 2.22. The fourth-order valence-corrected chi connectivity index (χ4v) is 1.34. The number of hydrogen-bond acceptors (Lipinski definition) is 3. The smallest absolute Gasteiger partial charge is 0.337 e. The van der Waals surface area contributed by atoms with Crippen molar-refractivity contribution in [1.82, 2.24) is 4.98 Å². The monoisotopic (exact) mass is 208 g/mol. The fourth-order valence-electron chi connectivity index (χ4n) is 1.34. The van der Waals surface area contributed by atoms with Gasteiger partial charge in [-0.3, -0.25) is 0 Å². The average molecular weight is 208 g/mol. The molecule has 0 saturated carbocycles. The van der Waals surface area contributed by atoms with Gasteiger partial charge < -0.3 is 10.4 Å². The summed E-state index contributed by atoms with van der Waals surface area (Å²) in [6.07, 6.45) is 0. The van der Waals surface area contributed by atoms with Crippen molar-refractivity contribution in [3.05, 3.63) is 22.9 Å². The third kappa shape index (κ3) is 2.68. The van der Waals surface area contributed by atoms with Gasteiger partial charge in [-0.05, 0) is 39.3 Å². The van der Waals surface area contributed by atoms with Crippen LogP contribution in [0.25, 0.3) is 0 Å². The summed E-state index contributed by atoms with van der Waals surface area (Å²) in [7, 11) is 0. The van der Waals surface area contributed by atoms with E-state index in [-0.39, 0.29) is 11.6 Å². The van der Waals surface area contributed by atoms with Crippen LogP contribution in [0, 0.1) is 13.8 Å². The number of nitrogens with zero attached hydrogens (tertiary/aromatic N) is 1. The Morgan fingerprint density at radius 3 is 2.53 bits per heavy atom. The quantitative estimate of drug-likeness (QED) is 0.799. The molecule has 1 aromatic heterocycles. The van der Waals surface area contributed by atoms with Crippen LogP contribution in [0.2, 0.25) is 0 Å². The molecule has 0 radical (unpaired) electrons. The molecule has 0 spiro atoms. The van der Waals surface area contributed by atoms with E-state index >= 15 is 0 Å². The van der Waals surface area contributed by atoms with E-state index < -0.39 is 5.97 Å². The molecular formula is C11H16N2O2. The molecule has 0 fully saturated rings. The van der Waals surface area contributed by atoms with Gasteiger partial charge >= 0.3 is 5.97 Å². The molecule has 0 amide bonds. The fraction of sp³-hybridized carbons (Fsp3) is 0.455. The van der Waals surface area contributed by atoms with Crippen molar-refractivity contribution in [3.63, 3.8) is 0 Å². The van der Waals surface area contributed by atoms with Crippen molar-refractivity contribution in [2.45, 2.75) is 33.7 Å². The molecule has 0 atom stereocenters. The highest BCUT2D eigenvalue weighted by Crippen LogP contribution is 2.17. The highest BCUT2D eigenvalue weighted by atomic mass is 16.4. The second kappa shape index (κ2) is 4.29. The van der Waals surface area contributed by atoms with Crippen molar-refractivity contribution in [2.24, 2.45) is 0 Å². The van der Waals surface area contributed by atoms with Gasteiger partial charge in [0.1, 0.15) is 5.82 Å². The highest BCUT2D eigenvalue weighted by Gasteiger charge is 2.11. The summed E-state index contributed by atoms with van der Waals surface area (Å²) in [6, 6.07) is 1.93. The standard InChI is InChI=1S/C11H16N2O2/c1-6(2)12-10-7(3)5-9(11(14)15)8(4)13-10/h5-6H,1-4H3,(H,12,13)(H,14,15). The molecule has 0 aliphatic carbocycles. The zero-order chi connectivity index (χ0) is 11.6. The molecule has 0 aliphatic heterocycles. The Morgan fingerprint density at radius 1 is 1.47 bits per heavy atom. The van der Waals surface area contributed by atoms with E-state index in [0.717, 1.165) is 11.4 Å². The first kappa shape index (κ1) is 11.5. The van der Waals surface area contributed by atoms with Crippen LogP contribution < -0.4 is 5.32 Å². The molecule has 1 rings (SSSR count). The number of carbonyl (C=O) groups is 1. The first-order chi connectivity index (χ1) is 6.91. The highest BCUT2D eigenvalue weighted by molar-refractivity contribution is 5.89. The van der Waals surface area contributed by atoms with Gasteiger partial charge in [0.05, 0.1) is 11.3 Å². The Kier molecular flexibility index (Phi) is 3.29. The van der Waals surface area contributed by atoms with Crippen molar-refractivity contribution in [1.29, 1.82) is 0 Å². The predicted molar refractivity (Wildman–Crippen MR) is 59.4 cm³/mol. The molecule has 15 heavy (non-hydrogen) atoms. The zero-order valence-electron chi connectivity index (χ0n) is 9.46. The van der Waals surface area contributed by atoms with E-state index in [1.165, 1.54) is 0 Å². The number of carboxylic acids is 1. The van der Waals surface area contributed by atoms with E-state index in [1.807, 2.05) is 20.8 Å². The van der Waals surface area contributed by atoms with Crippen molar-refractivity contribution in [3.8, 4) is 0 Å². The first-order valence-corrected chi connectivity index (χ1v) is 4.90. The van der Waals surface area contributed by atoms with Crippen molar-refractivity contribution < 1.29 is 9.90 Å². The molecular weight excluding hydrogens is 192 g/mol.